The van der Waals surface area contributed by atoms with Crippen molar-refractivity contribution in [3.8, 4) is 0 Å². The third kappa shape index (κ3) is 1.37. The number of pyridine rings is 1. The molecule has 0 aromatic carbocycles. The number of aromatic nitrogens is 1. The molecule has 0 radical (unpaired) electrons. The van der Waals surface area contributed by atoms with Crippen LogP contribution in [0.25, 0.3) is 0 Å². The van der Waals surface area contributed by atoms with Gasteiger partial charge in [0.1, 0.15) is 0 Å². The second-order valence-electron chi connectivity index (χ2n) is 3.58. The van der Waals surface area contributed by atoms with Gasteiger partial charge in [0.05, 0.1) is 0 Å². The lowest BCUT2D eigenvalue weighted by Crippen LogP contribution is -2.09. The molecule has 0 saturated carbocycles. The Morgan fingerprint density at radius 2 is 2.00 bits per heavy atom. The Hall–Kier alpha value is -1.18. The normalized spacial score (nSPS) is 15.2. The van der Waals surface area contributed by atoms with E-state index in [1.54, 1.807) is 6.20 Å². The standard InChI is InChI=1S/C11H13NO/c1-8-10-4-2-3-5-11(10)9(7-13)6-12-8/h6-7H,2-5H2,1H3. The van der Waals surface area contributed by atoms with Gasteiger partial charge in [0, 0.05) is 17.5 Å². The van der Waals surface area contributed by atoms with E-state index in [-0.39, 0.29) is 0 Å². The third-order valence-corrected chi connectivity index (χ3v) is 2.78. The lowest BCUT2D eigenvalue weighted by molar-refractivity contribution is 0.112. The average molecular weight is 175 g/mol. The molecule has 2 rings (SSSR count). The van der Waals surface area contributed by atoms with Crippen LogP contribution in [0.2, 0.25) is 0 Å². The summed E-state index contributed by atoms with van der Waals surface area (Å²) < 4.78 is 0. The molecule has 0 amide bonds. The van der Waals surface area contributed by atoms with Crippen molar-refractivity contribution in [1.82, 2.24) is 4.98 Å². The highest BCUT2D eigenvalue weighted by atomic mass is 16.1. The first-order valence-electron chi connectivity index (χ1n) is 4.75. The van der Waals surface area contributed by atoms with Crippen LogP contribution in [0.4, 0.5) is 0 Å². The van der Waals surface area contributed by atoms with Gasteiger partial charge in [-0.15, -0.1) is 0 Å². The molecule has 0 spiro atoms. The highest BCUT2D eigenvalue weighted by Crippen LogP contribution is 2.24. The van der Waals surface area contributed by atoms with Crippen LogP contribution >= 0.6 is 0 Å². The third-order valence-electron chi connectivity index (χ3n) is 2.78. The van der Waals surface area contributed by atoms with Crippen LogP contribution in [0.1, 0.15) is 40.0 Å². The molecule has 1 aromatic heterocycles. The first-order chi connectivity index (χ1) is 6.33. The van der Waals surface area contributed by atoms with E-state index >= 15 is 0 Å². The molecule has 1 aliphatic rings. The molecule has 1 aliphatic carbocycles. The molecule has 0 aliphatic heterocycles. The van der Waals surface area contributed by atoms with Crippen LogP contribution in [-0.4, -0.2) is 11.3 Å². The fourth-order valence-electron chi connectivity index (χ4n) is 2.05. The molecule has 1 heterocycles. The summed E-state index contributed by atoms with van der Waals surface area (Å²) in [7, 11) is 0. The van der Waals surface area contributed by atoms with Crippen LogP contribution in [0.15, 0.2) is 6.20 Å². The summed E-state index contributed by atoms with van der Waals surface area (Å²) in [6.45, 7) is 2.03. The van der Waals surface area contributed by atoms with Gasteiger partial charge in [0.25, 0.3) is 0 Å². The topological polar surface area (TPSA) is 30.0 Å². The van der Waals surface area contributed by atoms with Gasteiger partial charge in [0.15, 0.2) is 6.29 Å². The van der Waals surface area contributed by atoms with E-state index in [2.05, 4.69) is 4.98 Å². The van der Waals surface area contributed by atoms with E-state index in [1.165, 1.54) is 24.0 Å². The Kier molecular flexibility index (Phi) is 2.13. The maximum Gasteiger partial charge on any atom is 0.151 e. The zero-order valence-corrected chi connectivity index (χ0v) is 7.84. The summed E-state index contributed by atoms with van der Waals surface area (Å²) in [5, 5.41) is 0. The summed E-state index contributed by atoms with van der Waals surface area (Å²) in [5.41, 5.74) is 4.45. The number of carbonyl (C=O) groups excluding carboxylic acids is 1. The average Bonchev–Trinajstić information content (AvgIpc) is 2.19. The Morgan fingerprint density at radius 3 is 2.69 bits per heavy atom. The molecule has 0 saturated heterocycles. The van der Waals surface area contributed by atoms with E-state index in [9.17, 15) is 4.79 Å². The van der Waals surface area contributed by atoms with Crippen molar-refractivity contribution in [1.29, 1.82) is 0 Å². The lowest BCUT2D eigenvalue weighted by atomic mass is 9.88. The second-order valence-corrected chi connectivity index (χ2v) is 3.58. The number of carbonyl (C=O) groups is 1. The molecule has 0 N–H and O–H groups in total. The monoisotopic (exact) mass is 175 g/mol. The van der Waals surface area contributed by atoms with Crippen molar-refractivity contribution < 1.29 is 4.79 Å². The van der Waals surface area contributed by atoms with Gasteiger partial charge >= 0.3 is 0 Å². The Morgan fingerprint density at radius 1 is 1.31 bits per heavy atom. The smallest absolute Gasteiger partial charge is 0.151 e. The molecular formula is C11H13NO. The minimum Gasteiger partial charge on any atom is -0.298 e. The summed E-state index contributed by atoms with van der Waals surface area (Å²) >= 11 is 0. The van der Waals surface area contributed by atoms with E-state index in [0.717, 1.165) is 30.4 Å². The number of hydrogen-bond acceptors (Lipinski definition) is 2. The summed E-state index contributed by atoms with van der Waals surface area (Å²) in [6.07, 6.45) is 7.21. The van der Waals surface area contributed by atoms with E-state index in [1.807, 2.05) is 6.92 Å². The first kappa shape index (κ1) is 8.42. The molecule has 68 valence electrons. The number of fused-ring (bicyclic) bond motifs is 1. The molecule has 2 heteroatoms. The summed E-state index contributed by atoms with van der Waals surface area (Å²) in [5.74, 6) is 0. The second kappa shape index (κ2) is 3.29. The van der Waals surface area contributed by atoms with Gasteiger partial charge in [-0.2, -0.15) is 0 Å². The maximum absolute atomic E-state index is 10.7. The molecule has 0 atom stereocenters. The Labute approximate surface area is 78.0 Å². The van der Waals surface area contributed by atoms with Gasteiger partial charge in [0.2, 0.25) is 0 Å². The van der Waals surface area contributed by atoms with Gasteiger partial charge < -0.3 is 0 Å². The molecular weight excluding hydrogens is 162 g/mol. The van der Waals surface area contributed by atoms with Crippen molar-refractivity contribution in [3.05, 3.63) is 28.6 Å². The van der Waals surface area contributed by atoms with E-state index < -0.39 is 0 Å². The number of aldehydes is 1. The molecule has 0 bridgehead atoms. The Bertz CT molecular complexity index is 344. The SMILES string of the molecule is Cc1ncc(C=O)c2c1CCCC2. The molecule has 13 heavy (non-hydrogen) atoms. The van der Waals surface area contributed by atoms with Crippen LogP contribution < -0.4 is 0 Å². The Balaban J connectivity index is 2.58. The highest BCUT2D eigenvalue weighted by Gasteiger charge is 2.15. The highest BCUT2D eigenvalue weighted by molar-refractivity contribution is 5.77. The minimum atomic E-state index is 0.792. The van der Waals surface area contributed by atoms with Crippen molar-refractivity contribution in [2.75, 3.05) is 0 Å². The van der Waals surface area contributed by atoms with Crippen molar-refractivity contribution in [2.24, 2.45) is 0 Å². The van der Waals surface area contributed by atoms with Crippen LogP contribution in [-0.2, 0) is 12.8 Å². The maximum atomic E-state index is 10.7. The molecule has 1 aromatic rings. The van der Waals surface area contributed by atoms with Crippen molar-refractivity contribution in [3.63, 3.8) is 0 Å². The molecule has 0 fully saturated rings. The van der Waals surface area contributed by atoms with Crippen molar-refractivity contribution >= 4 is 6.29 Å². The fourth-order valence-corrected chi connectivity index (χ4v) is 2.05. The minimum absolute atomic E-state index is 0.792. The number of rotatable bonds is 1. The lowest BCUT2D eigenvalue weighted by Gasteiger charge is -2.18. The van der Waals surface area contributed by atoms with E-state index in [0.29, 0.717) is 0 Å². The predicted molar refractivity (Wildman–Crippen MR) is 51.0 cm³/mol. The first-order valence-corrected chi connectivity index (χ1v) is 4.75. The van der Waals surface area contributed by atoms with E-state index in [4.69, 9.17) is 0 Å². The zero-order chi connectivity index (χ0) is 9.26. The summed E-state index contributed by atoms with van der Waals surface area (Å²) in [4.78, 5) is 15.0. The van der Waals surface area contributed by atoms with Crippen LogP contribution in [0.5, 0.6) is 0 Å². The number of hydrogen-bond donors (Lipinski definition) is 0. The largest absolute Gasteiger partial charge is 0.298 e. The van der Waals surface area contributed by atoms with Crippen LogP contribution in [0.3, 0.4) is 0 Å². The number of nitrogens with zero attached hydrogens (tertiary/aromatic N) is 1. The summed E-state index contributed by atoms with van der Waals surface area (Å²) in [6, 6.07) is 0. The van der Waals surface area contributed by atoms with Gasteiger partial charge in [-0.05, 0) is 43.7 Å². The molecule has 2 nitrogen and oxygen atoms in total. The van der Waals surface area contributed by atoms with Gasteiger partial charge in [-0.25, -0.2) is 0 Å². The predicted octanol–water partition coefficient (Wildman–Crippen LogP) is 2.08. The van der Waals surface area contributed by atoms with Crippen molar-refractivity contribution in [2.45, 2.75) is 32.6 Å². The van der Waals surface area contributed by atoms with Gasteiger partial charge in [-0.1, -0.05) is 0 Å². The van der Waals surface area contributed by atoms with Gasteiger partial charge in [-0.3, -0.25) is 9.78 Å². The van der Waals surface area contributed by atoms with Crippen LogP contribution in [0, 0.1) is 6.92 Å². The fraction of sp³-hybridized carbons (Fsp3) is 0.455. The zero-order valence-electron chi connectivity index (χ0n) is 7.84. The quantitative estimate of drug-likeness (QED) is 0.612. The number of aryl methyl sites for hydroxylation is 1. The molecule has 0 unspecified atom stereocenters.